The normalized spacial score (nSPS) is 18.6. The summed E-state index contributed by atoms with van der Waals surface area (Å²) in [5, 5.41) is 9.40. The average molecular weight is 650 g/mol. The summed E-state index contributed by atoms with van der Waals surface area (Å²) in [4.78, 5) is 45.5. The van der Waals surface area contributed by atoms with Crippen LogP contribution in [0.2, 0.25) is 0 Å². The number of fused-ring (bicyclic) bond motifs is 1. The van der Waals surface area contributed by atoms with E-state index in [-0.39, 0.29) is 42.2 Å². The van der Waals surface area contributed by atoms with Gasteiger partial charge >= 0.3 is 5.69 Å². The zero-order valence-corrected chi connectivity index (χ0v) is 27.0. The second-order valence-corrected chi connectivity index (χ2v) is 12.5. The van der Waals surface area contributed by atoms with E-state index < -0.39 is 12.2 Å². The Morgan fingerprint density at radius 3 is 2.38 bits per heavy atom. The highest BCUT2D eigenvalue weighted by Gasteiger charge is 2.36. The van der Waals surface area contributed by atoms with Gasteiger partial charge in [0.1, 0.15) is 0 Å². The third kappa shape index (κ3) is 5.91. The lowest BCUT2D eigenvalue weighted by Gasteiger charge is -2.35. The zero-order valence-electron chi connectivity index (χ0n) is 27.0. The minimum atomic E-state index is -0.775. The number of nitrogens with zero attached hydrogens (tertiary/aromatic N) is 4. The first kappa shape index (κ1) is 31.5. The maximum Gasteiger partial charge on any atom is 0.326 e. The Hall–Kier alpha value is -5.13. The van der Waals surface area contributed by atoms with Crippen LogP contribution in [0.15, 0.2) is 100 Å². The molecule has 11 nitrogen and oxygen atoms in total. The monoisotopic (exact) mass is 649 g/mol. The maximum absolute atomic E-state index is 14.0. The minimum absolute atomic E-state index is 0.0385. The van der Waals surface area contributed by atoms with Gasteiger partial charge in [-0.05, 0) is 61.2 Å². The fourth-order valence-electron chi connectivity index (χ4n) is 6.98. The van der Waals surface area contributed by atoms with Crippen molar-refractivity contribution in [3.63, 3.8) is 0 Å². The number of nitrogens with one attached hydrogen (secondary N) is 1. The summed E-state index contributed by atoms with van der Waals surface area (Å²) >= 11 is 0. The Morgan fingerprint density at radius 1 is 0.958 bits per heavy atom. The number of carbonyl (C=O) groups is 1. The van der Waals surface area contributed by atoms with Crippen LogP contribution in [-0.2, 0) is 34.5 Å². The first-order valence-corrected chi connectivity index (χ1v) is 16.3. The van der Waals surface area contributed by atoms with E-state index in [1.807, 2.05) is 97.5 Å². The van der Waals surface area contributed by atoms with Gasteiger partial charge in [0.25, 0.3) is 11.5 Å². The molecule has 0 saturated carbocycles. The van der Waals surface area contributed by atoms with Crippen molar-refractivity contribution in [2.45, 2.75) is 57.6 Å². The fourth-order valence-corrected chi connectivity index (χ4v) is 6.98. The summed E-state index contributed by atoms with van der Waals surface area (Å²) in [6.45, 7) is 3.01. The van der Waals surface area contributed by atoms with Crippen LogP contribution in [0, 0.1) is 6.92 Å². The molecule has 0 spiro atoms. The predicted molar refractivity (Wildman–Crippen MR) is 181 cm³/mol. The van der Waals surface area contributed by atoms with Crippen molar-refractivity contribution >= 4 is 16.9 Å². The SMILES string of the molecule is Cc1c([C@H]2C=C(C(=O)N3CCC(n4c(=O)[nH]c5ccccc54)CC3)O[C@@H](OCc3ccc(CO)cc3)C2)c(=O)n(-c2ccccc2)n1C. The quantitative estimate of drug-likeness (QED) is 0.257. The zero-order chi connectivity index (χ0) is 33.4. The molecule has 5 aromatic rings. The van der Waals surface area contributed by atoms with E-state index in [0.717, 1.165) is 33.5 Å². The molecule has 2 aliphatic heterocycles. The Labute approximate surface area is 277 Å². The Balaban J connectivity index is 1.15. The van der Waals surface area contributed by atoms with Gasteiger partial charge < -0.3 is 24.5 Å². The summed E-state index contributed by atoms with van der Waals surface area (Å²) in [6, 6.07) is 24.5. The van der Waals surface area contributed by atoms with Crippen LogP contribution in [0.3, 0.4) is 0 Å². The molecular weight excluding hydrogens is 610 g/mol. The van der Waals surface area contributed by atoms with Crippen molar-refractivity contribution in [2.24, 2.45) is 7.05 Å². The Kier molecular flexibility index (Phi) is 8.63. The number of piperidine rings is 1. The number of aromatic amines is 1. The number of aliphatic hydroxyl groups excluding tert-OH is 1. The number of para-hydroxylation sites is 3. The highest BCUT2D eigenvalue weighted by molar-refractivity contribution is 5.92. The molecule has 0 radical (unpaired) electrons. The maximum atomic E-state index is 14.0. The summed E-state index contributed by atoms with van der Waals surface area (Å²) in [7, 11) is 1.86. The van der Waals surface area contributed by atoms with Gasteiger partial charge in [0.2, 0.25) is 6.29 Å². The lowest BCUT2D eigenvalue weighted by atomic mass is 9.92. The number of allylic oxidation sites excluding steroid dienone is 1. The number of likely N-dealkylation sites (tertiary alicyclic amines) is 1. The molecule has 11 heteroatoms. The molecule has 2 aromatic heterocycles. The topological polar surface area (TPSA) is 124 Å². The van der Waals surface area contributed by atoms with E-state index in [0.29, 0.717) is 37.9 Å². The number of rotatable bonds is 8. The molecule has 2 N–H and O–H groups in total. The van der Waals surface area contributed by atoms with Crippen LogP contribution in [0.25, 0.3) is 16.7 Å². The van der Waals surface area contributed by atoms with E-state index in [9.17, 15) is 19.5 Å². The van der Waals surface area contributed by atoms with Gasteiger partial charge in [0, 0.05) is 49.8 Å². The smallest absolute Gasteiger partial charge is 0.326 e. The Bertz CT molecular complexity index is 2080. The van der Waals surface area contributed by atoms with Crippen molar-refractivity contribution in [1.82, 2.24) is 23.8 Å². The predicted octanol–water partition coefficient (Wildman–Crippen LogP) is 4.41. The van der Waals surface area contributed by atoms with Crippen molar-refractivity contribution in [1.29, 1.82) is 0 Å². The van der Waals surface area contributed by atoms with Crippen molar-refractivity contribution in [2.75, 3.05) is 13.1 Å². The third-order valence-corrected chi connectivity index (χ3v) is 9.62. The van der Waals surface area contributed by atoms with Gasteiger partial charge in [-0.2, -0.15) is 0 Å². The van der Waals surface area contributed by atoms with Gasteiger partial charge in [-0.1, -0.05) is 54.6 Å². The molecule has 2 aliphatic rings. The number of H-pyrrole nitrogens is 1. The number of amides is 1. The van der Waals surface area contributed by atoms with Crippen LogP contribution in [0.5, 0.6) is 0 Å². The lowest BCUT2D eigenvalue weighted by Crippen LogP contribution is -2.42. The first-order chi connectivity index (χ1) is 23.3. The van der Waals surface area contributed by atoms with Crippen LogP contribution in [-0.4, -0.2) is 54.2 Å². The molecule has 2 atom stereocenters. The molecule has 0 unspecified atom stereocenters. The number of aromatic nitrogens is 4. The number of benzene rings is 3. The van der Waals surface area contributed by atoms with Gasteiger partial charge in [-0.15, -0.1) is 0 Å². The molecule has 4 heterocycles. The first-order valence-electron chi connectivity index (χ1n) is 16.3. The van der Waals surface area contributed by atoms with E-state index in [1.54, 1.807) is 20.2 Å². The van der Waals surface area contributed by atoms with Crippen molar-refractivity contribution in [3.05, 3.63) is 134 Å². The second-order valence-electron chi connectivity index (χ2n) is 12.5. The third-order valence-electron chi connectivity index (χ3n) is 9.62. The van der Waals surface area contributed by atoms with Crippen LogP contribution in [0.1, 0.15) is 53.6 Å². The van der Waals surface area contributed by atoms with Crippen molar-refractivity contribution < 1.29 is 19.4 Å². The molecule has 7 rings (SSSR count). The van der Waals surface area contributed by atoms with Gasteiger partial charge in [0.05, 0.1) is 29.9 Å². The van der Waals surface area contributed by atoms with Gasteiger partial charge in [-0.3, -0.25) is 18.8 Å². The van der Waals surface area contributed by atoms with Gasteiger partial charge in [-0.25, -0.2) is 9.48 Å². The molecule has 0 aliphatic carbocycles. The molecule has 0 bridgehead atoms. The number of hydrogen-bond donors (Lipinski definition) is 2. The number of imidazole rings is 1. The standard InChI is InChI=1S/C37H39N5O6/c1-24-34(36(45)42(39(24)2)29-8-4-3-5-9-29)27-20-32(48-33(21-27)47-23-26-14-12-25(22-43)13-15-26)35(44)40-18-16-28(17-19-40)41-31-11-7-6-10-30(31)38-37(41)46/h3-15,20,27-28,33,43H,16-19,21-23H2,1-2H3,(H,38,46)/t27-,33+/m0/s1. The molecule has 1 amide bonds. The van der Waals surface area contributed by atoms with E-state index in [4.69, 9.17) is 9.47 Å². The average Bonchev–Trinajstić information content (AvgIpc) is 3.57. The summed E-state index contributed by atoms with van der Waals surface area (Å²) in [5.74, 6) is -0.531. The van der Waals surface area contributed by atoms with Gasteiger partial charge in [0.15, 0.2) is 5.76 Å². The minimum Gasteiger partial charge on any atom is -0.459 e. The van der Waals surface area contributed by atoms with Crippen LogP contribution < -0.4 is 11.2 Å². The largest absolute Gasteiger partial charge is 0.459 e. The fraction of sp³-hybridized carbons (Fsp3) is 0.324. The molecular formula is C37H39N5O6. The van der Waals surface area contributed by atoms with Crippen molar-refractivity contribution in [3.8, 4) is 5.69 Å². The summed E-state index contributed by atoms with van der Waals surface area (Å²) < 4.78 is 17.7. The summed E-state index contributed by atoms with van der Waals surface area (Å²) in [6.07, 6.45) is 2.59. The molecule has 248 valence electrons. The van der Waals surface area contributed by atoms with E-state index >= 15 is 0 Å². The highest BCUT2D eigenvalue weighted by atomic mass is 16.7. The Morgan fingerprint density at radius 2 is 1.65 bits per heavy atom. The van der Waals surface area contributed by atoms with E-state index in [2.05, 4.69) is 4.98 Å². The summed E-state index contributed by atoms with van der Waals surface area (Å²) in [5.41, 5.74) is 5.19. The van der Waals surface area contributed by atoms with Crippen LogP contribution >= 0.6 is 0 Å². The molecule has 1 fully saturated rings. The number of hydrogen-bond acceptors (Lipinski definition) is 6. The molecule has 3 aromatic carbocycles. The number of aliphatic hydroxyl groups is 1. The molecule has 1 saturated heterocycles. The molecule has 48 heavy (non-hydrogen) atoms. The number of ether oxygens (including phenoxy) is 2. The van der Waals surface area contributed by atoms with Crippen LogP contribution in [0.4, 0.5) is 0 Å². The lowest BCUT2D eigenvalue weighted by molar-refractivity contribution is -0.156. The number of carbonyl (C=O) groups excluding carboxylic acids is 1. The highest BCUT2D eigenvalue weighted by Crippen LogP contribution is 2.34. The van der Waals surface area contributed by atoms with E-state index in [1.165, 1.54) is 0 Å². The second kappa shape index (κ2) is 13.2.